The fraction of sp³-hybridized carbons (Fsp3) is 0.667. The van der Waals surface area contributed by atoms with E-state index in [1.165, 1.54) is 38.3 Å². The Morgan fingerprint density at radius 3 is 2.77 bits per heavy atom. The molecule has 1 N–H and O–H groups in total. The van der Waals surface area contributed by atoms with Crippen molar-refractivity contribution in [2.45, 2.75) is 31.4 Å². The van der Waals surface area contributed by atoms with Crippen LogP contribution in [0.5, 0.6) is 5.75 Å². The number of nitrogens with one attached hydrogen (secondary N) is 1. The molecule has 0 amide bonds. The van der Waals surface area contributed by atoms with Crippen molar-refractivity contribution in [2.24, 2.45) is 0 Å². The van der Waals surface area contributed by atoms with Gasteiger partial charge in [0.2, 0.25) is 0 Å². The fourth-order valence-electron chi connectivity index (χ4n) is 4.29. The van der Waals surface area contributed by atoms with Gasteiger partial charge in [-0.1, -0.05) is 25.1 Å². The number of fused-ring (bicyclic) bond motifs is 1. The molecule has 0 bridgehead atoms. The molecule has 1 aromatic rings. The average Bonchev–Trinajstić information content (AvgIpc) is 3.02. The molecule has 4 heteroatoms. The van der Waals surface area contributed by atoms with Crippen molar-refractivity contribution >= 4 is 0 Å². The first-order chi connectivity index (χ1) is 10.8. The Hall–Kier alpha value is -1.10. The van der Waals surface area contributed by atoms with Gasteiger partial charge in [0.1, 0.15) is 11.4 Å². The van der Waals surface area contributed by atoms with E-state index in [2.05, 4.69) is 46.3 Å². The maximum atomic E-state index is 6.44. The first-order valence-corrected chi connectivity index (χ1v) is 8.75. The summed E-state index contributed by atoms with van der Waals surface area (Å²) < 4.78 is 6.44. The SMILES string of the molecule is CCN1CCN(C2CC3(CCNC3)Oc3ccccc32)CC1. The third-order valence-electron chi connectivity index (χ3n) is 5.67. The van der Waals surface area contributed by atoms with Gasteiger partial charge in [-0.3, -0.25) is 4.90 Å². The smallest absolute Gasteiger partial charge is 0.125 e. The van der Waals surface area contributed by atoms with E-state index in [-0.39, 0.29) is 5.60 Å². The van der Waals surface area contributed by atoms with E-state index in [9.17, 15) is 0 Å². The van der Waals surface area contributed by atoms with Gasteiger partial charge >= 0.3 is 0 Å². The molecule has 4 rings (SSSR count). The van der Waals surface area contributed by atoms with Crippen LogP contribution in [0.25, 0.3) is 0 Å². The van der Waals surface area contributed by atoms with Crippen LogP contribution in [0.1, 0.15) is 31.4 Å². The van der Waals surface area contributed by atoms with Crippen molar-refractivity contribution in [3.8, 4) is 5.75 Å². The molecule has 0 aliphatic carbocycles. The Kier molecular flexibility index (Phi) is 3.84. The Bertz CT molecular complexity index is 519. The number of nitrogens with zero attached hydrogens (tertiary/aromatic N) is 2. The summed E-state index contributed by atoms with van der Waals surface area (Å²) in [5.41, 5.74) is 1.41. The van der Waals surface area contributed by atoms with Gasteiger partial charge < -0.3 is 15.0 Å². The Morgan fingerprint density at radius 1 is 1.23 bits per heavy atom. The number of hydrogen-bond donors (Lipinski definition) is 1. The molecule has 2 unspecified atom stereocenters. The Morgan fingerprint density at radius 2 is 2.05 bits per heavy atom. The van der Waals surface area contributed by atoms with E-state index in [4.69, 9.17) is 4.74 Å². The van der Waals surface area contributed by atoms with Gasteiger partial charge in [0.05, 0.1) is 0 Å². The van der Waals surface area contributed by atoms with Gasteiger partial charge in [-0.15, -0.1) is 0 Å². The lowest BCUT2D eigenvalue weighted by molar-refractivity contribution is 0.00234. The molecule has 2 fully saturated rings. The minimum Gasteiger partial charge on any atom is -0.485 e. The van der Waals surface area contributed by atoms with E-state index in [1.807, 2.05) is 0 Å². The standard InChI is InChI=1S/C18H27N3O/c1-2-20-9-11-21(12-10-20)16-13-18(7-8-19-14-18)22-17-6-4-3-5-15(16)17/h3-6,16,19H,2,7-14H2,1H3. The Balaban J connectivity index is 1.60. The lowest BCUT2D eigenvalue weighted by Gasteiger charge is -2.46. The van der Waals surface area contributed by atoms with Crippen LogP contribution in [0, 0.1) is 0 Å². The second-order valence-corrected chi connectivity index (χ2v) is 6.94. The largest absolute Gasteiger partial charge is 0.485 e. The van der Waals surface area contributed by atoms with Gasteiger partial charge in [-0.05, 0) is 19.2 Å². The molecule has 120 valence electrons. The van der Waals surface area contributed by atoms with E-state index < -0.39 is 0 Å². The van der Waals surface area contributed by atoms with E-state index in [1.54, 1.807) is 0 Å². The molecule has 3 aliphatic rings. The van der Waals surface area contributed by atoms with Gasteiger partial charge in [0.15, 0.2) is 0 Å². The predicted molar refractivity (Wildman–Crippen MR) is 88.3 cm³/mol. The molecular weight excluding hydrogens is 274 g/mol. The Labute approximate surface area is 133 Å². The van der Waals surface area contributed by atoms with Crippen LogP contribution >= 0.6 is 0 Å². The quantitative estimate of drug-likeness (QED) is 0.903. The summed E-state index contributed by atoms with van der Waals surface area (Å²) in [7, 11) is 0. The van der Waals surface area contributed by atoms with E-state index in [0.717, 1.165) is 31.7 Å². The van der Waals surface area contributed by atoms with Crippen molar-refractivity contribution in [2.75, 3.05) is 45.8 Å². The third-order valence-corrected chi connectivity index (χ3v) is 5.67. The highest BCUT2D eigenvalue weighted by Gasteiger charge is 2.44. The zero-order valence-electron chi connectivity index (χ0n) is 13.6. The zero-order chi connectivity index (χ0) is 15.0. The summed E-state index contributed by atoms with van der Waals surface area (Å²) in [4.78, 5) is 5.24. The van der Waals surface area contributed by atoms with Gasteiger partial charge in [-0.2, -0.15) is 0 Å². The summed E-state index contributed by atoms with van der Waals surface area (Å²) in [5, 5.41) is 3.50. The summed E-state index contributed by atoms with van der Waals surface area (Å²) in [6.45, 7) is 10.3. The maximum absolute atomic E-state index is 6.44. The van der Waals surface area contributed by atoms with Crippen LogP contribution in [0.3, 0.4) is 0 Å². The van der Waals surface area contributed by atoms with Crippen LogP contribution in [-0.4, -0.2) is 61.2 Å². The van der Waals surface area contributed by atoms with Crippen LogP contribution in [0.15, 0.2) is 24.3 Å². The highest BCUT2D eigenvalue weighted by atomic mass is 16.5. The number of ether oxygens (including phenoxy) is 1. The number of likely N-dealkylation sites (N-methyl/N-ethyl adjacent to an activating group) is 1. The predicted octanol–water partition coefficient (Wildman–Crippen LogP) is 1.88. The van der Waals surface area contributed by atoms with Crippen LogP contribution in [-0.2, 0) is 0 Å². The van der Waals surface area contributed by atoms with Crippen LogP contribution in [0.4, 0.5) is 0 Å². The molecule has 1 aromatic carbocycles. The topological polar surface area (TPSA) is 27.7 Å². The van der Waals surface area contributed by atoms with E-state index >= 15 is 0 Å². The average molecular weight is 301 g/mol. The molecular formula is C18H27N3O. The molecule has 4 nitrogen and oxygen atoms in total. The first kappa shape index (κ1) is 14.5. The molecule has 0 aromatic heterocycles. The summed E-state index contributed by atoms with van der Waals surface area (Å²) in [6, 6.07) is 9.20. The fourth-order valence-corrected chi connectivity index (χ4v) is 4.29. The lowest BCUT2D eigenvalue weighted by Crippen LogP contribution is -2.52. The minimum absolute atomic E-state index is 0.0148. The summed E-state index contributed by atoms with van der Waals surface area (Å²) >= 11 is 0. The first-order valence-electron chi connectivity index (χ1n) is 8.75. The highest BCUT2D eigenvalue weighted by Crippen LogP contribution is 2.44. The highest BCUT2D eigenvalue weighted by molar-refractivity contribution is 5.39. The molecule has 0 saturated carbocycles. The van der Waals surface area contributed by atoms with Gasteiger partial charge in [-0.25, -0.2) is 0 Å². The molecule has 0 radical (unpaired) electrons. The third kappa shape index (κ3) is 2.53. The maximum Gasteiger partial charge on any atom is 0.125 e. The zero-order valence-corrected chi connectivity index (χ0v) is 13.6. The normalized spacial score (nSPS) is 32.9. The van der Waals surface area contributed by atoms with Crippen molar-refractivity contribution in [1.29, 1.82) is 0 Å². The second kappa shape index (κ2) is 5.84. The molecule has 3 aliphatic heterocycles. The lowest BCUT2D eigenvalue weighted by atomic mass is 9.85. The van der Waals surface area contributed by atoms with Gasteiger partial charge in [0, 0.05) is 57.2 Å². The number of rotatable bonds is 2. The summed E-state index contributed by atoms with van der Waals surface area (Å²) in [6.07, 6.45) is 2.26. The van der Waals surface area contributed by atoms with Gasteiger partial charge in [0.25, 0.3) is 0 Å². The monoisotopic (exact) mass is 301 g/mol. The van der Waals surface area contributed by atoms with Crippen LogP contribution < -0.4 is 10.1 Å². The van der Waals surface area contributed by atoms with Crippen LogP contribution in [0.2, 0.25) is 0 Å². The van der Waals surface area contributed by atoms with Crippen molar-refractivity contribution in [1.82, 2.24) is 15.1 Å². The van der Waals surface area contributed by atoms with E-state index in [0.29, 0.717) is 6.04 Å². The molecule has 3 heterocycles. The second-order valence-electron chi connectivity index (χ2n) is 6.94. The molecule has 2 saturated heterocycles. The molecule has 1 spiro atoms. The number of benzene rings is 1. The number of para-hydroxylation sites is 1. The van der Waals surface area contributed by atoms with Crippen molar-refractivity contribution in [3.63, 3.8) is 0 Å². The van der Waals surface area contributed by atoms with Crippen molar-refractivity contribution < 1.29 is 4.74 Å². The number of hydrogen-bond acceptors (Lipinski definition) is 4. The summed E-state index contributed by atoms with van der Waals surface area (Å²) in [5.74, 6) is 1.11. The minimum atomic E-state index is 0.0148. The van der Waals surface area contributed by atoms with Crippen molar-refractivity contribution in [3.05, 3.63) is 29.8 Å². The molecule has 2 atom stereocenters. The number of piperazine rings is 1. The molecule has 22 heavy (non-hydrogen) atoms.